The summed E-state index contributed by atoms with van der Waals surface area (Å²) < 4.78 is -0.943. The summed E-state index contributed by atoms with van der Waals surface area (Å²) in [6, 6.07) is 63.6. The summed E-state index contributed by atoms with van der Waals surface area (Å²) in [4.78, 5) is 30.3. The highest BCUT2D eigenvalue weighted by atomic mass is 32.2. The van der Waals surface area contributed by atoms with Crippen molar-refractivity contribution in [2.24, 2.45) is 0 Å². The Morgan fingerprint density at radius 1 is 0.473 bits per heavy atom. The molecule has 0 spiro atoms. The average molecular weight is 764 g/mol. The molecule has 0 saturated heterocycles. The number of hydrogen-bond acceptors (Lipinski definition) is 5. The van der Waals surface area contributed by atoms with Gasteiger partial charge in [-0.3, -0.25) is 14.5 Å². The van der Waals surface area contributed by atoms with Crippen LogP contribution in [0.5, 0.6) is 0 Å². The number of hydrogen-bond donors (Lipinski definition) is 1. The second-order valence-corrected chi connectivity index (χ2v) is 16.2. The van der Waals surface area contributed by atoms with Crippen LogP contribution in [0.25, 0.3) is 0 Å². The van der Waals surface area contributed by atoms with E-state index >= 15 is 0 Å². The van der Waals surface area contributed by atoms with Crippen molar-refractivity contribution in [1.29, 1.82) is 0 Å². The number of rotatable bonds is 18. The van der Waals surface area contributed by atoms with Gasteiger partial charge in [-0.2, -0.15) is 0 Å². The highest BCUT2D eigenvalue weighted by molar-refractivity contribution is 8.00. The quantitative estimate of drug-likeness (QED) is 0.0701. The standard InChI is InChI=1S/C48H49N3O2S2/c1-50(2)46(53)38-51(34-36-55-48(42-27-15-6-16-28-42,43-29-17-7-18-30-43)44-31-19-8-20-32-44)37-45(52)49-33-35-54-47(39-21-9-3-10-22-39,40-23-11-4-12-24-40)41-25-13-5-14-26-41/h3-32H,33-38H2,1-2H3,(H,49,52). The van der Waals surface area contributed by atoms with Crippen molar-refractivity contribution in [3.63, 3.8) is 0 Å². The van der Waals surface area contributed by atoms with Crippen LogP contribution in [0.3, 0.4) is 0 Å². The number of nitrogens with zero attached hydrogens (tertiary/aromatic N) is 2. The first-order valence-electron chi connectivity index (χ1n) is 18.7. The predicted molar refractivity (Wildman–Crippen MR) is 231 cm³/mol. The smallest absolute Gasteiger partial charge is 0.236 e. The van der Waals surface area contributed by atoms with Crippen molar-refractivity contribution in [3.8, 4) is 0 Å². The molecule has 0 saturated carbocycles. The molecule has 55 heavy (non-hydrogen) atoms. The molecule has 0 aromatic heterocycles. The Balaban J connectivity index is 1.18. The SMILES string of the molecule is CN(C)C(=O)CN(CCSC(c1ccccc1)(c1ccccc1)c1ccccc1)CC(=O)NCCSC(c1ccccc1)(c1ccccc1)c1ccccc1. The normalized spacial score (nSPS) is 11.6. The molecule has 6 aromatic rings. The number of carbonyl (C=O) groups is 2. The zero-order chi connectivity index (χ0) is 38.4. The van der Waals surface area contributed by atoms with E-state index in [1.54, 1.807) is 19.0 Å². The minimum absolute atomic E-state index is 0.0350. The van der Waals surface area contributed by atoms with E-state index in [1.807, 2.05) is 64.8 Å². The lowest BCUT2D eigenvalue weighted by atomic mass is 9.84. The van der Waals surface area contributed by atoms with E-state index in [2.05, 4.69) is 151 Å². The maximum atomic E-state index is 13.7. The Kier molecular flexibility index (Phi) is 14.0. The van der Waals surface area contributed by atoms with Gasteiger partial charge in [0.2, 0.25) is 11.8 Å². The van der Waals surface area contributed by atoms with Gasteiger partial charge in [0.25, 0.3) is 0 Å². The third-order valence-corrected chi connectivity index (χ3v) is 12.9. The monoisotopic (exact) mass is 763 g/mol. The third-order valence-electron chi connectivity index (χ3n) is 9.78. The van der Waals surface area contributed by atoms with Gasteiger partial charge < -0.3 is 10.2 Å². The molecule has 0 atom stereocenters. The summed E-state index contributed by atoms with van der Waals surface area (Å²) in [7, 11) is 3.52. The predicted octanol–water partition coefficient (Wildman–Crippen LogP) is 8.94. The molecular formula is C48H49N3O2S2. The van der Waals surface area contributed by atoms with E-state index in [-0.39, 0.29) is 24.9 Å². The summed E-state index contributed by atoms with van der Waals surface area (Å²) >= 11 is 3.66. The van der Waals surface area contributed by atoms with E-state index in [4.69, 9.17) is 0 Å². The van der Waals surface area contributed by atoms with Gasteiger partial charge >= 0.3 is 0 Å². The van der Waals surface area contributed by atoms with Crippen molar-refractivity contribution in [1.82, 2.24) is 15.1 Å². The summed E-state index contributed by atoms with van der Waals surface area (Å²) in [5.74, 6) is 1.25. The molecular weight excluding hydrogens is 715 g/mol. The van der Waals surface area contributed by atoms with Gasteiger partial charge in [0, 0.05) is 38.7 Å². The number of amides is 2. The van der Waals surface area contributed by atoms with Crippen molar-refractivity contribution < 1.29 is 9.59 Å². The number of nitrogens with one attached hydrogen (secondary N) is 1. The molecule has 0 aliphatic carbocycles. The first-order valence-corrected chi connectivity index (χ1v) is 20.7. The second-order valence-electron chi connectivity index (χ2n) is 13.6. The molecule has 0 fully saturated rings. The van der Waals surface area contributed by atoms with Crippen LogP contribution in [0.15, 0.2) is 182 Å². The summed E-state index contributed by atoms with van der Waals surface area (Å²) in [5, 5.41) is 3.19. The molecule has 0 aliphatic rings. The Bertz CT molecular complexity index is 1860. The Morgan fingerprint density at radius 2 is 0.782 bits per heavy atom. The van der Waals surface area contributed by atoms with Crippen LogP contribution in [-0.2, 0) is 19.1 Å². The molecule has 0 heterocycles. The molecule has 2 amide bonds. The molecule has 280 valence electrons. The first kappa shape index (κ1) is 39.6. The van der Waals surface area contributed by atoms with Gasteiger partial charge in [-0.05, 0) is 33.4 Å². The molecule has 5 nitrogen and oxygen atoms in total. The Labute approximate surface area is 335 Å². The van der Waals surface area contributed by atoms with Gasteiger partial charge in [-0.1, -0.05) is 182 Å². The maximum absolute atomic E-state index is 13.7. The van der Waals surface area contributed by atoms with Crippen LogP contribution >= 0.6 is 23.5 Å². The molecule has 6 rings (SSSR count). The minimum atomic E-state index is -0.483. The van der Waals surface area contributed by atoms with Crippen LogP contribution in [-0.4, -0.2) is 73.4 Å². The van der Waals surface area contributed by atoms with Crippen molar-refractivity contribution in [2.45, 2.75) is 9.49 Å². The van der Waals surface area contributed by atoms with Crippen LogP contribution in [0.2, 0.25) is 0 Å². The molecule has 7 heteroatoms. The summed E-state index contributed by atoms with van der Waals surface area (Å²) in [6.07, 6.45) is 0. The van der Waals surface area contributed by atoms with E-state index in [0.717, 1.165) is 0 Å². The molecule has 0 radical (unpaired) electrons. The molecule has 6 aromatic carbocycles. The summed E-state index contributed by atoms with van der Waals surface area (Å²) in [5.41, 5.74) is 7.11. The van der Waals surface area contributed by atoms with Gasteiger partial charge in [-0.25, -0.2) is 0 Å². The minimum Gasteiger partial charge on any atom is -0.354 e. The molecule has 0 bridgehead atoms. The molecule has 1 N–H and O–H groups in total. The van der Waals surface area contributed by atoms with Crippen molar-refractivity contribution >= 4 is 35.3 Å². The van der Waals surface area contributed by atoms with Gasteiger partial charge in [0.15, 0.2) is 0 Å². The van der Waals surface area contributed by atoms with Crippen LogP contribution < -0.4 is 5.32 Å². The highest BCUT2D eigenvalue weighted by Crippen LogP contribution is 2.49. The number of thioether (sulfide) groups is 2. The highest BCUT2D eigenvalue weighted by Gasteiger charge is 2.38. The first-order chi connectivity index (χ1) is 26.9. The lowest BCUT2D eigenvalue weighted by molar-refractivity contribution is -0.130. The third kappa shape index (κ3) is 9.60. The number of carbonyl (C=O) groups excluding carboxylic acids is 2. The lowest BCUT2D eigenvalue weighted by Gasteiger charge is -2.36. The van der Waals surface area contributed by atoms with Crippen LogP contribution in [0.1, 0.15) is 33.4 Å². The fourth-order valence-corrected chi connectivity index (χ4v) is 10.0. The van der Waals surface area contributed by atoms with E-state index < -0.39 is 9.49 Å². The Morgan fingerprint density at radius 3 is 1.09 bits per heavy atom. The van der Waals surface area contributed by atoms with E-state index in [0.29, 0.717) is 24.6 Å². The second kappa shape index (κ2) is 19.5. The lowest BCUT2D eigenvalue weighted by Crippen LogP contribution is -2.44. The van der Waals surface area contributed by atoms with Crippen molar-refractivity contribution in [3.05, 3.63) is 215 Å². The molecule has 0 unspecified atom stereocenters. The van der Waals surface area contributed by atoms with Gasteiger partial charge in [-0.15, -0.1) is 23.5 Å². The largest absolute Gasteiger partial charge is 0.354 e. The maximum Gasteiger partial charge on any atom is 0.236 e. The number of benzene rings is 6. The van der Waals surface area contributed by atoms with Gasteiger partial charge in [0.1, 0.15) is 0 Å². The topological polar surface area (TPSA) is 52.7 Å². The zero-order valence-corrected chi connectivity index (χ0v) is 33.2. The fraction of sp³-hybridized carbons (Fsp3) is 0.208. The van der Waals surface area contributed by atoms with E-state index in [1.165, 1.54) is 33.4 Å². The summed E-state index contributed by atoms with van der Waals surface area (Å²) in [6.45, 7) is 1.33. The zero-order valence-electron chi connectivity index (χ0n) is 31.6. The fourth-order valence-electron chi connectivity index (χ4n) is 7.07. The number of likely N-dealkylation sites (N-methyl/N-ethyl adjacent to an activating group) is 1. The van der Waals surface area contributed by atoms with Gasteiger partial charge in [0.05, 0.1) is 22.6 Å². The van der Waals surface area contributed by atoms with Crippen LogP contribution in [0, 0.1) is 0 Å². The average Bonchev–Trinajstić information content (AvgIpc) is 3.24. The molecule has 0 aliphatic heterocycles. The van der Waals surface area contributed by atoms with Crippen molar-refractivity contribution in [2.75, 3.05) is 51.8 Å². The van der Waals surface area contributed by atoms with E-state index in [9.17, 15) is 9.59 Å². The Hall–Kier alpha value is -5.08. The van der Waals surface area contributed by atoms with Crippen LogP contribution in [0.4, 0.5) is 0 Å².